The number of aryl methyl sites for hydroxylation is 9. The zero-order valence-corrected chi connectivity index (χ0v) is 77.9. The van der Waals surface area contributed by atoms with E-state index in [1.807, 2.05) is 0 Å². The van der Waals surface area contributed by atoms with E-state index in [9.17, 15) is 0 Å². The highest BCUT2D eigenvalue weighted by atomic mass is 15.0. The molecule has 0 spiro atoms. The van der Waals surface area contributed by atoms with Gasteiger partial charge >= 0.3 is 0 Å². The molecule has 0 fully saturated rings. The topological polar surface area (TPSA) is 19.7 Å². The fourth-order valence-corrected chi connectivity index (χ4v) is 21.7. The van der Waals surface area contributed by atoms with Gasteiger partial charge in [-0.1, -0.05) is 453 Å². The lowest BCUT2D eigenvalue weighted by molar-refractivity contribution is 0.762. The Morgan fingerprint density at radius 1 is 0.170 bits per heavy atom. The van der Waals surface area contributed by atoms with Crippen molar-refractivity contribution >= 4 is 87.2 Å². The maximum atomic E-state index is 2.37. The van der Waals surface area contributed by atoms with E-state index in [0.29, 0.717) is 0 Å². The number of nitrogens with zero attached hydrogens (tertiary/aromatic N) is 4. The molecule has 4 heteroatoms. The number of fused-ring (bicyclic) bond motifs is 18. The lowest BCUT2D eigenvalue weighted by Gasteiger charge is -2.34. The first kappa shape index (κ1) is 85.4. The summed E-state index contributed by atoms with van der Waals surface area (Å²) in [7, 11) is 8.57. The van der Waals surface area contributed by atoms with Crippen LogP contribution in [0.25, 0.3) is 154 Å². The Morgan fingerprint density at radius 2 is 0.504 bits per heavy atom. The van der Waals surface area contributed by atoms with Crippen LogP contribution in [0.3, 0.4) is 0 Å². The van der Waals surface area contributed by atoms with Crippen molar-refractivity contribution in [3.8, 4) is 66.8 Å². The van der Waals surface area contributed by atoms with Crippen LogP contribution in [0.2, 0.25) is 0 Å². The van der Waals surface area contributed by atoms with Crippen molar-refractivity contribution < 1.29 is 0 Å². The fraction of sp³-hybridized carbons (Fsp3) is 0.0840. The molecule has 0 aliphatic heterocycles. The number of benzene rings is 20. The molecule has 24 aromatic rings. The fourth-order valence-electron chi connectivity index (χ4n) is 21.7. The van der Waals surface area contributed by atoms with Gasteiger partial charge < -0.3 is 18.3 Å². The van der Waals surface area contributed by atoms with E-state index < -0.39 is 0 Å². The van der Waals surface area contributed by atoms with Crippen LogP contribution in [0.15, 0.2) is 479 Å². The minimum absolute atomic E-state index is 0.263. The van der Waals surface area contributed by atoms with Crippen LogP contribution < -0.4 is 0 Å². The average molecular weight is 1740 g/mol. The molecule has 20 aromatic carbocycles. The smallest absolute Gasteiger partial charge is 0.0716 e. The Bertz CT molecular complexity index is 8370. The van der Waals surface area contributed by atoms with Crippen molar-refractivity contribution in [1.82, 2.24) is 18.3 Å². The Labute approximate surface area is 791 Å². The third-order valence-electron chi connectivity index (χ3n) is 28.2. The third-order valence-corrected chi connectivity index (χ3v) is 28.2. The average Bonchev–Trinajstić information content (AvgIpc) is 1.54. The van der Waals surface area contributed by atoms with Gasteiger partial charge in [0.1, 0.15) is 0 Å². The molecule has 0 unspecified atom stereocenters. The molecule has 135 heavy (non-hydrogen) atoms. The van der Waals surface area contributed by atoms with E-state index in [1.165, 1.54) is 226 Å². The first-order valence-electron chi connectivity index (χ1n) is 47.0. The second-order valence-corrected chi connectivity index (χ2v) is 36.2. The lowest BCUT2D eigenvalue weighted by atomic mass is 9.67. The number of para-hydroxylation sites is 5. The van der Waals surface area contributed by atoms with Gasteiger partial charge in [0, 0.05) is 115 Å². The predicted octanol–water partition coefficient (Wildman–Crippen LogP) is 33.6. The van der Waals surface area contributed by atoms with Crippen molar-refractivity contribution in [1.29, 1.82) is 0 Å². The van der Waals surface area contributed by atoms with E-state index >= 15 is 0 Å². The quantitative estimate of drug-likeness (QED) is 0.144. The molecule has 0 N–H and O–H groups in total. The molecule has 0 atom stereocenters. The Morgan fingerprint density at radius 3 is 1.07 bits per heavy atom. The van der Waals surface area contributed by atoms with Crippen molar-refractivity contribution in [2.75, 3.05) is 0 Å². The maximum absolute atomic E-state index is 2.37. The first-order chi connectivity index (χ1) is 66.2. The summed E-state index contributed by atoms with van der Waals surface area (Å²) in [4.78, 5) is 0. The van der Waals surface area contributed by atoms with Crippen LogP contribution >= 0.6 is 0 Å². The van der Waals surface area contributed by atoms with E-state index in [2.05, 4.69) is 560 Å². The highest BCUT2D eigenvalue weighted by Crippen LogP contribution is 2.59. The first-order valence-corrected chi connectivity index (χ1v) is 47.0. The zero-order chi connectivity index (χ0) is 91.8. The molecule has 2 aliphatic rings. The van der Waals surface area contributed by atoms with Crippen molar-refractivity contribution in [2.24, 2.45) is 28.2 Å². The minimum Gasteiger partial charge on any atom is -0.344 e. The predicted molar refractivity (Wildman–Crippen MR) is 575 cm³/mol. The molecule has 2 aliphatic carbocycles. The summed E-state index contributed by atoms with van der Waals surface area (Å²) in [6, 6.07) is 173. The monoisotopic (exact) mass is 1730 g/mol. The zero-order valence-electron chi connectivity index (χ0n) is 77.9. The summed E-state index contributed by atoms with van der Waals surface area (Å²) < 4.78 is 9.13. The van der Waals surface area contributed by atoms with Gasteiger partial charge in [-0.3, -0.25) is 0 Å². The summed E-state index contributed by atoms with van der Waals surface area (Å²) in [6.45, 7) is 10.8. The normalized spacial score (nSPS) is 12.3. The Kier molecular flexibility index (Phi) is 23.0. The molecule has 26 rings (SSSR count). The van der Waals surface area contributed by atoms with Crippen LogP contribution in [0.4, 0.5) is 0 Å². The van der Waals surface area contributed by atoms with Gasteiger partial charge in [0.2, 0.25) is 0 Å². The van der Waals surface area contributed by atoms with Crippen molar-refractivity contribution in [3.63, 3.8) is 0 Å². The van der Waals surface area contributed by atoms with E-state index in [4.69, 9.17) is 0 Å². The lowest BCUT2D eigenvalue weighted by Crippen LogP contribution is -2.29. The van der Waals surface area contributed by atoms with E-state index in [0.717, 1.165) is 0 Å². The second-order valence-electron chi connectivity index (χ2n) is 36.2. The molecule has 0 bridgehead atoms. The number of hydrogen-bond donors (Lipinski definition) is 0. The molecular weight excluding hydrogens is 1630 g/mol. The van der Waals surface area contributed by atoms with Crippen LogP contribution in [0.5, 0.6) is 0 Å². The third kappa shape index (κ3) is 15.3. The van der Waals surface area contributed by atoms with Crippen LogP contribution in [-0.4, -0.2) is 18.3 Å². The van der Waals surface area contributed by atoms with Crippen LogP contribution in [-0.2, 0) is 39.0 Å². The van der Waals surface area contributed by atoms with Gasteiger partial charge in [-0.15, -0.1) is 0 Å². The molecular formula is C131H106N4. The molecule has 4 nitrogen and oxygen atoms in total. The summed E-state index contributed by atoms with van der Waals surface area (Å²) in [5.74, 6) is 0. The van der Waals surface area contributed by atoms with Gasteiger partial charge in [-0.05, 0) is 194 Å². The Balaban J connectivity index is 0.0000000974. The van der Waals surface area contributed by atoms with Crippen molar-refractivity contribution in [2.45, 2.75) is 45.4 Å². The van der Waals surface area contributed by atoms with Crippen LogP contribution in [0.1, 0.15) is 72.3 Å². The molecule has 0 saturated heterocycles. The molecule has 0 radical (unpaired) electrons. The van der Waals surface area contributed by atoms with Gasteiger partial charge in [0.05, 0.1) is 16.3 Å². The van der Waals surface area contributed by atoms with Crippen LogP contribution in [0, 0.1) is 34.6 Å². The van der Waals surface area contributed by atoms with E-state index in [-0.39, 0.29) is 10.8 Å². The largest absolute Gasteiger partial charge is 0.344 e. The number of hydrogen-bond acceptors (Lipinski definition) is 0. The van der Waals surface area contributed by atoms with Gasteiger partial charge in [-0.25, -0.2) is 0 Å². The molecule has 0 amide bonds. The molecule has 650 valence electrons. The number of aromatic nitrogens is 4. The molecule has 4 heterocycles. The van der Waals surface area contributed by atoms with Gasteiger partial charge in [0.15, 0.2) is 0 Å². The summed E-state index contributed by atoms with van der Waals surface area (Å²) in [5.41, 5.74) is 42.8. The number of rotatable bonds is 8. The summed E-state index contributed by atoms with van der Waals surface area (Å²) in [6.07, 6.45) is 0. The highest BCUT2D eigenvalue weighted by molar-refractivity contribution is 6.16. The SMILES string of the molecule is Cc1ccc(-c2ccc3c4ccccc4n(C)c3c2)cc1.Cc1ccc(-c2cccc3c2c2ccccc2n3C)cc1.Cc1ccc(-c2cccc3c4ccccc4n(C)c23)cc1.Cc1ccc2c(c1)C(c1ccccc1)(c1ccccc1)c1ccccc1-2.Cc1cccc2c1C(c1ccccc1)(c1ccccc1)c1ccccc1-2.Cn1c2ccccc2c2cc(-c3ccccc3)ccc21. The Hall–Kier alpha value is -16.4. The summed E-state index contributed by atoms with van der Waals surface area (Å²) in [5, 5.41) is 10.6. The van der Waals surface area contributed by atoms with E-state index in [1.54, 1.807) is 0 Å². The molecule has 0 saturated carbocycles. The molecule has 4 aromatic heterocycles. The van der Waals surface area contributed by atoms with Crippen molar-refractivity contribution in [3.05, 3.63) is 552 Å². The summed E-state index contributed by atoms with van der Waals surface area (Å²) >= 11 is 0. The minimum atomic E-state index is -0.264. The second kappa shape index (κ2) is 36.4. The van der Waals surface area contributed by atoms with Gasteiger partial charge in [0.25, 0.3) is 0 Å². The standard InChI is InChI=1S/2C26H20.3C20H17N.C19H15N/c1-19-11-10-17-23-22-16-8-9-18-24(22)26(25(19)23,20-12-4-2-5-13-20)21-14-6-3-7-15-21;1-19-16-17-23-22-14-8-9-15-24(22)26(25(23)18-19,20-10-4-2-5-11-20)21-12-6-3-7-13-21;1-14-10-12-15(13-11-14)16-7-5-8-18-17-6-3-4-9-19(17)21(2)20(16)18;1-14-10-12-15(13-11-14)16-7-5-9-19-20(16)17-6-3-4-8-18(17)21(19)2;1-14-7-9-15(10-8-14)16-11-12-18-17-5-3-4-6-19(17)21(2)20(18)13-16;1-20-18-10-6-5-9-16(18)17-13-15(11-12-19(17)20)14-7-3-2-4-8-14/h2*2-18H,1H3;3*3-13H,1-2H3;2-13H,1H3. The highest BCUT2D eigenvalue weighted by Gasteiger charge is 2.48. The maximum Gasteiger partial charge on any atom is 0.0716 e. The van der Waals surface area contributed by atoms with Gasteiger partial charge in [-0.2, -0.15) is 0 Å².